The Labute approximate surface area is 186 Å². The molecular formula is C24H27N3O5. The number of fused-ring (bicyclic) bond motifs is 1. The first kappa shape index (κ1) is 23.0. The van der Waals surface area contributed by atoms with Crippen LogP contribution in [-0.4, -0.2) is 42.9 Å². The van der Waals surface area contributed by atoms with Crippen molar-refractivity contribution >= 4 is 40.2 Å². The molecule has 8 nitrogen and oxygen atoms in total. The Morgan fingerprint density at radius 3 is 2.56 bits per heavy atom. The van der Waals surface area contributed by atoms with Crippen molar-refractivity contribution in [3.8, 4) is 0 Å². The number of ether oxygens (including phenoxy) is 1. The number of anilines is 1. The molecule has 3 N–H and O–H groups in total. The highest BCUT2D eigenvalue weighted by Gasteiger charge is 2.28. The molecule has 1 fully saturated rings. The second-order valence-corrected chi connectivity index (χ2v) is 7.63. The number of hydrogen-bond donors (Lipinski definition) is 3. The van der Waals surface area contributed by atoms with E-state index in [-0.39, 0.29) is 24.3 Å². The van der Waals surface area contributed by atoms with Crippen molar-refractivity contribution in [3.05, 3.63) is 54.1 Å². The van der Waals surface area contributed by atoms with Gasteiger partial charge in [0, 0.05) is 31.5 Å². The van der Waals surface area contributed by atoms with E-state index in [9.17, 15) is 19.2 Å². The van der Waals surface area contributed by atoms with Gasteiger partial charge in [-0.05, 0) is 42.7 Å². The molecule has 8 heteroatoms. The number of esters is 1. The summed E-state index contributed by atoms with van der Waals surface area (Å²) in [5, 5.41) is 10.1. The van der Waals surface area contributed by atoms with E-state index < -0.39 is 17.9 Å². The van der Waals surface area contributed by atoms with Crippen LogP contribution in [0.3, 0.4) is 0 Å². The van der Waals surface area contributed by atoms with Crippen molar-refractivity contribution in [2.45, 2.75) is 32.7 Å². The Hall–Kier alpha value is -3.68. The van der Waals surface area contributed by atoms with Crippen LogP contribution in [0.25, 0.3) is 10.8 Å². The summed E-state index contributed by atoms with van der Waals surface area (Å²) < 4.78 is 4.92. The van der Waals surface area contributed by atoms with E-state index in [4.69, 9.17) is 4.74 Å². The molecule has 1 aliphatic rings. The van der Waals surface area contributed by atoms with E-state index in [1.807, 2.05) is 24.3 Å². The normalized spacial score (nSPS) is 16.6. The standard InChI is InChI=1S/C24H27N3O5/c1-3-32-22(29)9-8-19(12-18-10-11-25-23(18)30)27-24(31)20-13-16-6-4-5-7-17(16)14-21(20)26-15(2)28/h4-9,13-14,18-19H,3,10-12H2,1-2H3,(H,25,30)(H,26,28)(H,27,31)/b9-8+/t18-,19+/m0/s1. The number of hydrogen-bond acceptors (Lipinski definition) is 5. The van der Waals surface area contributed by atoms with Gasteiger partial charge in [-0.25, -0.2) is 4.79 Å². The van der Waals surface area contributed by atoms with Crippen LogP contribution in [0.15, 0.2) is 48.6 Å². The molecule has 0 unspecified atom stereocenters. The molecule has 2 atom stereocenters. The summed E-state index contributed by atoms with van der Waals surface area (Å²) >= 11 is 0. The van der Waals surface area contributed by atoms with Crippen LogP contribution >= 0.6 is 0 Å². The Kier molecular flexibility index (Phi) is 7.59. The number of carbonyl (C=O) groups excluding carboxylic acids is 4. The van der Waals surface area contributed by atoms with Gasteiger partial charge in [0.2, 0.25) is 11.8 Å². The van der Waals surface area contributed by atoms with Crippen molar-refractivity contribution in [1.82, 2.24) is 10.6 Å². The molecule has 1 heterocycles. The quantitative estimate of drug-likeness (QED) is 0.434. The second-order valence-electron chi connectivity index (χ2n) is 7.63. The number of amides is 3. The van der Waals surface area contributed by atoms with Gasteiger partial charge in [0.05, 0.1) is 17.9 Å². The maximum atomic E-state index is 13.2. The van der Waals surface area contributed by atoms with Gasteiger partial charge in [-0.15, -0.1) is 0 Å². The predicted molar refractivity (Wildman–Crippen MR) is 121 cm³/mol. The molecule has 3 rings (SSSR count). The van der Waals surface area contributed by atoms with Crippen molar-refractivity contribution in [2.75, 3.05) is 18.5 Å². The van der Waals surface area contributed by atoms with Gasteiger partial charge < -0.3 is 20.7 Å². The maximum absolute atomic E-state index is 13.2. The largest absolute Gasteiger partial charge is 0.463 e. The highest BCUT2D eigenvalue weighted by Crippen LogP contribution is 2.25. The Morgan fingerprint density at radius 2 is 1.94 bits per heavy atom. The molecule has 0 spiro atoms. The van der Waals surface area contributed by atoms with Gasteiger partial charge in [-0.2, -0.15) is 0 Å². The van der Waals surface area contributed by atoms with Crippen LogP contribution in [0, 0.1) is 5.92 Å². The molecular weight excluding hydrogens is 410 g/mol. The molecule has 0 aromatic heterocycles. The number of benzene rings is 2. The van der Waals surface area contributed by atoms with Crippen LogP contribution in [0.1, 0.15) is 37.0 Å². The molecule has 2 aromatic carbocycles. The van der Waals surface area contributed by atoms with E-state index >= 15 is 0 Å². The average molecular weight is 437 g/mol. The van der Waals surface area contributed by atoms with Gasteiger partial charge in [-0.1, -0.05) is 30.3 Å². The van der Waals surface area contributed by atoms with Gasteiger partial charge in [-0.3, -0.25) is 14.4 Å². The van der Waals surface area contributed by atoms with Crippen LogP contribution < -0.4 is 16.0 Å². The lowest BCUT2D eigenvalue weighted by atomic mass is 9.97. The van der Waals surface area contributed by atoms with Crippen LogP contribution in [0.4, 0.5) is 5.69 Å². The second kappa shape index (κ2) is 10.6. The fourth-order valence-electron chi connectivity index (χ4n) is 3.71. The van der Waals surface area contributed by atoms with E-state index in [1.165, 1.54) is 13.0 Å². The van der Waals surface area contributed by atoms with Crippen molar-refractivity contribution < 1.29 is 23.9 Å². The third-order valence-electron chi connectivity index (χ3n) is 5.21. The van der Waals surface area contributed by atoms with Gasteiger partial charge in [0.1, 0.15) is 0 Å². The van der Waals surface area contributed by atoms with Gasteiger partial charge in [0.15, 0.2) is 0 Å². The Morgan fingerprint density at radius 1 is 1.22 bits per heavy atom. The monoisotopic (exact) mass is 437 g/mol. The minimum absolute atomic E-state index is 0.0709. The number of carbonyl (C=O) groups is 4. The molecule has 2 aromatic rings. The zero-order chi connectivity index (χ0) is 23.1. The smallest absolute Gasteiger partial charge is 0.330 e. The van der Waals surface area contributed by atoms with Crippen molar-refractivity contribution in [3.63, 3.8) is 0 Å². The van der Waals surface area contributed by atoms with Crippen molar-refractivity contribution in [2.24, 2.45) is 5.92 Å². The predicted octanol–water partition coefficient (Wildman–Crippen LogP) is 2.54. The number of rotatable bonds is 8. The first-order valence-electron chi connectivity index (χ1n) is 10.6. The Balaban J connectivity index is 1.88. The molecule has 0 bridgehead atoms. The topological polar surface area (TPSA) is 114 Å². The lowest BCUT2D eigenvalue weighted by Gasteiger charge is -2.19. The third-order valence-corrected chi connectivity index (χ3v) is 5.21. The lowest BCUT2D eigenvalue weighted by Crippen LogP contribution is -2.37. The molecule has 0 saturated carbocycles. The molecule has 3 amide bonds. The van der Waals surface area contributed by atoms with Gasteiger partial charge in [0.25, 0.3) is 5.91 Å². The summed E-state index contributed by atoms with van der Waals surface area (Å²) in [7, 11) is 0. The van der Waals surface area contributed by atoms with Crippen molar-refractivity contribution in [1.29, 1.82) is 0 Å². The minimum Gasteiger partial charge on any atom is -0.463 e. The third kappa shape index (κ3) is 5.94. The average Bonchev–Trinajstić information content (AvgIpc) is 3.15. The maximum Gasteiger partial charge on any atom is 0.330 e. The summed E-state index contributed by atoms with van der Waals surface area (Å²) in [4.78, 5) is 48.7. The van der Waals surface area contributed by atoms with Crippen LogP contribution in [0.2, 0.25) is 0 Å². The summed E-state index contributed by atoms with van der Waals surface area (Å²) in [6.45, 7) is 3.91. The first-order chi connectivity index (χ1) is 15.4. The molecule has 0 radical (unpaired) electrons. The lowest BCUT2D eigenvalue weighted by molar-refractivity contribution is -0.137. The SMILES string of the molecule is CCOC(=O)/C=C/[C@H](C[C@@H]1CCNC1=O)NC(=O)c1cc2ccccc2cc1NC(C)=O. The first-order valence-corrected chi connectivity index (χ1v) is 10.6. The zero-order valence-electron chi connectivity index (χ0n) is 18.1. The fourth-order valence-corrected chi connectivity index (χ4v) is 3.71. The van der Waals surface area contributed by atoms with E-state index in [2.05, 4.69) is 16.0 Å². The molecule has 32 heavy (non-hydrogen) atoms. The van der Waals surface area contributed by atoms with Crippen LogP contribution in [-0.2, 0) is 19.1 Å². The van der Waals surface area contributed by atoms with E-state index in [0.29, 0.717) is 30.6 Å². The highest BCUT2D eigenvalue weighted by molar-refractivity contribution is 6.07. The molecule has 0 aliphatic carbocycles. The molecule has 1 aliphatic heterocycles. The Bertz CT molecular complexity index is 1060. The van der Waals surface area contributed by atoms with Crippen LogP contribution in [0.5, 0.6) is 0 Å². The molecule has 168 valence electrons. The summed E-state index contributed by atoms with van der Waals surface area (Å²) in [6.07, 6.45) is 3.80. The van der Waals surface area contributed by atoms with E-state index in [1.54, 1.807) is 25.1 Å². The van der Waals surface area contributed by atoms with Gasteiger partial charge >= 0.3 is 5.97 Å². The summed E-state index contributed by atoms with van der Waals surface area (Å²) in [5.74, 6) is -1.57. The minimum atomic E-state index is -0.572. The molecule has 1 saturated heterocycles. The fraction of sp³-hybridized carbons (Fsp3) is 0.333. The summed E-state index contributed by atoms with van der Waals surface area (Å²) in [5.41, 5.74) is 0.685. The zero-order valence-corrected chi connectivity index (χ0v) is 18.1. The van der Waals surface area contributed by atoms with E-state index in [0.717, 1.165) is 10.8 Å². The summed E-state index contributed by atoms with van der Waals surface area (Å²) in [6, 6.07) is 10.4. The highest BCUT2D eigenvalue weighted by atomic mass is 16.5. The number of nitrogens with one attached hydrogen (secondary N) is 3.